The van der Waals surface area contributed by atoms with Gasteiger partial charge in [0.2, 0.25) is 0 Å². The molecule has 114 valence electrons. The van der Waals surface area contributed by atoms with Crippen LogP contribution in [0.4, 0.5) is 0 Å². The molecule has 0 bridgehead atoms. The zero-order valence-corrected chi connectivity index (χ0v) is 14.2. The zero-order chi connectivity index (χ0) is 15.2. The first kappa shape index (κ1) is 16.8. The molecule has 0 spiro atoms. The van der Waals surface area contributed by atoms with Crippen molar-refractivity contribution >= 4 is 34.5 Å². The fraction of sp³-hybridized carbons (Fsp3) is 0.375. The van der Waals surface area contributed by atoms with Gasteiger partial charge in [-0.3, -0.25) is 0 Å². The summed E-state index contributed by atoms with van der Waals surface area (Å²) < 4.78 is 0. The Morgan fingerprint density at radius 1 is 1.29 bits per heavy atom. The van der Waals surface area contributed by atoms with Crippen molar-refractivity contribution in [2.24, 2.45) is 0 Å². The van der Waals surface area contributed by atoms with Crippen LogP contribution in [0.15, 0.2) is 35.7 Å². The van der Waals surface area contributed by atoms with Gasteiger partial charge in [-0.2, -0.15) is 0 Å². The molecule has 21 heavy (non-hydrogen) atoms. The highest BCUT2D eigenvalue weighted by molar-refractivity contribution is 7.10. The number of thiophene rings is 1. The minimum atomic E-state index is -0.671. The largest absolute Gasteiger partial charge is 0.387 e. The fourth-order valence-electron chi connectivity index (χ4n) is 2.26. The Hall–Kier alpha value is -0.580. The van der Waals surface area contributed by atoms with E-state index in [0.717, 1.165) is 12.8 Å². The van der Waals surface area contributed by atoms with E-state index < -0.39 is 6.10 Å². The number of aliphatic hydroxyl groups excluding tert-OH is 1. The molecular formula is C16H19Cl2NOS. The van der Waals surface area contributed by atoms with E-state index in [1.807, 2.05) is 0 Å². The third-order valence-electron chi connectivity index (χ3n) is 3.34. The first-order valence-corrected chi connectivity index (χ1v) is 8.65. The maximum absolute atomic E-state index is 10.3. The predicted octanol–water partition coefficient (Wildman–Crippen LogP) is 5.22. The lowest BCUT2D eigenvalue weighted by atomic mass is 10.1. The second-order valence-corrected chi connectivity index (χ2v) is 6.77. The van der Waals surface area contributed by atoms with Crippen molar-refractivity contribution in [1.82, 2.24) is 5.32 Å². The second-order valence-electron chi connectivity index (χ2n) is 4.95. The molecule has 2 nitrogen and oxygen atoms in total. The molecule has 5 heteroatoms. The van der Waals surface area contributed by atoms with E-state index in [1.54, 1.807) is 29.5 Å². The molecule has 2 atom stereocenters. The Morgan fingerprint density at radius 2 is 2.10 bits per heavy atom. The molecule has 0 radical (unpaired) electrons. The van der Waals surface area contributed by atoms with Crippen molar-refractivity contribution in [1.29, 1.82) is 0 Å². The lowest BCUT2D eigenvalue weighted by Gasteiger charge is -2.20. The van der Waals surface area contributed by atoms with Gasteiger partial charge >= 0.3 is 0 Å². The van der Waals surface area contributed by atoms with E-state index in [4.69, 9.17) is 23.2 Å². The van der Waals surface area contributed by atoms with E-state index >= 15 is 0 Å². The molecule has 0 fully saturated rings. The van der Waals surface area contributed by atoms with Crippen LogP contribution in [-0.2, 0) is 0 Å². The van der Waals surface area contributed by atoms with Gasteiger partial charge in [-0.15, -0.1) is 11.3 Å². The van der Waals surface area contributed by atoms with E-state index in [0.29, 0.717) is 22.2 Å². The van der Waals surface area contributed by atoms with Gasteiger partial charge in [0, 0.05) is 33.1 Å². The maximum atomic E-state index is 10.3. The second kappa shape index (κ2) is 8.16. The van der Waals surface area contributed by atoms with E-state index in [1.165, 1.54) is 4.88 Å². The van der Waals surface area contributed by atoms with Crippen molar-refractivity contribution < 1.29 is 5.11 Å². The Labute approximate surface area is 139 Å². The normalized spacial score (nSPS) is 14.1. The highest BCUT2D eigenvalue weighted by Crippen LogP contribution is 2.28. The van der Waals surface area contributed by atoms with Crippen molar-refractivity contribution in [3.8, 4) is 0 Å². The zero-order valence-electron chi connectivity index (χ0n) is 11.9. The summed E-state index contributed by atoms with van der Waals surface area (Å²) in [6.07, 6.45) is 1.45. The molecule has 0 aliphatic carbocycles. The molecule has 2 unspecified atom stereocenters. The molecule has 1 aromatic carbocycles. The van der Waals surface area contributed by atoms with Crippen LogP contribution in [0.3, 0.4) is 0 Å². The van der Waals surface area contributed by atoms with Gasteiger partial charge in [0.25, 0.3) is 0 Å². The van der Waals surface area contributed by atoms with E-state index in [2.05, 4.69) is 29.8 Å². The maximum Gasteiger partial charge on any atom is 0.0929 e. The molecule has 1 aromatic heterocycles. The van der Waals surface area contributed by atoms with Gasteiger partial charge in [-0.05, 0) is 36.1 Å². The van der Waals surface area contributed by atoms with Gasteiger partial charge in [0.1, 0.15) is 0 Å². The molecule has 1 heterocycles. The Kier molecular flexibility index (Phi) is 6.52. The highest BCUT2D eigenvalue weighted by atomic mass is 35.5. The van der Waals surface area contributed by atoms with Crippen molar-refractivity contribution in [2.45, 2.75) is 31.9 Å². The molecule has 0 aliphatic heterocycles. The number of hydrogen-bond donors (Lipinski definition) is 2. The Bertz CT molecular complexity index is 559. The average molecular weight is 344 g/mol. The third kappa shape index (κ3) is 4.70. The van der Waals surface area contributed by atoms with Crippen LogP contribution in [0.2, 0.25) is 10.0 Å². The Balaban J connectivity index is 2.01. The number of nitrogens with one attached hydrogen (secondary N) is 1. The van der Waals surface area contributed by atoms with Crippen LogP contribution in [0, 0.1) is 0 Å². The van der Waals surface area contributed by atoms with Crippen molar-refractivity contribution in [3.05, 3.63) is 56.2 Å². The van der Waals surface area contributed by atoms with Crippen LogP contribution < -0.4 is 5.32 Å². The lowest BCUT2D eigenvalue weighted by Crippen LogP contribution is -2.26. The van der Waals surface area contributed by atoms with Crippen molar-refractivity contribution in [2.75, 3.05) is 6.54 Å². The van der Waals surface area contributed by atoms with Crippen LogP contribution in [0.1, 0.15) is 42.4 Å². The smallest absolute Gasteiger partial charge is 0.0929 e. The summed E-state index contributed by atoms with van der Waals surface area (Å²) in [7, 11) is 0. The van der Waals surface area contributed by atoms with Gasteiger partial charge in [0.05, 0.1) is 6.10 Å². The first-order valence-electron chi connectivity index (χ1n) is 7.01. The van der Waals surface area contributed by atoms with Crippen LogP contribution in [0.5, 0.6) is 0 Å². The first-order chi connectivity index (χ1) is 10.1. The summed E-state index contributed by atoms with van der Waals surface area (Å²) in [5, 5.41) is 17.0. The average Bonchev–Trinajstić information content (AvgIpc) is 2.99. The standard InChI is InChI=1S/C16H19Cl2NOS/c1-2-4-14(16-5-3-8-21-16)19-10-15(20)12-9-11(17)6-7-13(12)18/h3,5-9,14-15,19-20H,2,4,10H2,1H3. The van der Waals surface area contributed by atoms with Gasteiger partial charge in [-0.25, -0.2) is 0 Å². The summed E-state index contributed by atoms with van der Waals surface area (Å²) in [5.41, 5.74) is 0.665. The minimum absolute atomic E-state index is 0.266. The number of rotatable bonds is 7. The van der Waals surface area contributed by atoms with E-state index in [-0.39, 0.29) is 6.04 Å². The van der Waals surface area contributed by atoms with E-state index in [9.17, 15) is 5.11 Å². The van der Waals surface area contributed by atoms with Crippen LogP contribution in [0.25, 0.3) is 0 Å². The van der Waals surface area contributed by atoms with Crippen molar-refractivity contribution in [3.63, 3.8) is 0 Å². The molecule has 0 amide bonds. The minimum Gasteiger partial charge on any atom is -0.387 e. The predicted molar refractivity (Wildman–Crippen MR) is 91.4 cm³/mol. The van der Waals surface area contributed by atoms with Gasteiger partial charge in [0.15, 0.2) is 0 Å². The summed E-state index contributed by atoms with van der Waals surface area (Å²) in [4.78, 5) is 1.29. The molecule has 2 N–H and O–H groups in total. The molecule has 2 aromatic rings. The quantitative estimate of drug-likeness (QED) is 0.722. The summed E-state index contributed by atoms with van der Waals surface area (Å²) in [6, 6.07) is 9.59. The third-order valence-corrected chi connectivity index (χ3v) is 4.90. The number of aliphatic hydroxyl groups is 1. The van der Waals surface area contributed by atoms with Gasteiger partial charge < -0.3 is 10.4 Å². The molecule has 0 saturated carbocycles. The molecule has 0 aliphatic rings. The molecule has 2 rings (SSSR count). The summed E-state index contributed by atoms with van der Waals surface area (Å²) >= 11 is 13.8. The lowest BCUT2D eigenvalue weighted by molar-refractivity contribution is 0.169. The monoisotopic (exact) mass is 343 g/mol. The molecular weight excluding hydrogens is 325 g/mol. The van der Waals surface area contributed by atoms with Crippen LogP contribution >= 0.6 is 34.5 Å². The summed E-state index contributed by atoms with van der Waals surface area (Å²) in [6.45, 7) is 2.61. The SMILES string of the molecule is CCCC(NCC(O)c1cc(Cl)ccc1Cl)c1cccs1. The highest BCUT2D eigenvalue weighted by Gasteiger charge is 2.16. The van der Waals surface area contributed by atoms with Gasteiger partial charge in [-0.1, -0.05) is 42.6 Å². The number of benzene rings is 1. The van der Waals surface area contributed by atoms with Crippen LogP contribution in [-0.4, -0.2) is 11.7 Å². The number of halogens is 2. The Morgan fingerprint density at radius 3 is 2.76 bits per heavy atom. The summed E-state index contributed by atoms with van der Waals surface area (Å²) in [5.74, 6) is 0. The topological polar surface area (TPSA) is 32.3 Å². The molecule has 0 saturated heterocycles. The fourth-order valence-corrected chi connectivity index (χ4v) is 3.52. The number of hydrogen-bond acceptors (Lipinski definition) is 3.